The van der Waals surface area contributed by atoms with E-state index in [1.165, 1.54) is 32.1 Å². The van der Waals surface area contributed by atoms with Gasteiger partial charge in [0.1, 0.15) is 0 Å². The second kappa shape index (κ2) is 9.27. The SMILES string of the molecule is C=C(Br)CCCCCCCOC. The second-order valence-corrected chi connectivity index (χ2v) is 4.15. The van der Waals surface area contributed by atoms with Gasteiger partial charge in [0.05, 0.1) is 0 Å². The largest absolute Gasteiger partial charge is 0.385 e. The average Bonchev–Trinajstić information content (AvgIpc) is 2.02. The molecule has 2 heteroatoms. The Labute approximate surface area is 84.3 Å². The van der Waals surface area contributed by atoms with Crippen molar-refractivity contribution in [2.45, 2.75) is 38.5 Å². The number of methoxy groups -OCH3 is 1. The van der Waals surface area contributed by atoms with Crippen LogP contribution in [-0.2, 0) is 4.74 Å². The van der Waals surface area contributed by atoms with Gasteiger partial charge in [-0.05, 0) is 23.7 Å². The van der Waals surface area contributed by atoms with Crippen molar-refractivity contribution in [2.24, 2.45) is 0 Å². The van der Waals surface area contributed by atoms with Gasteiger partial charge in [-0.3, -0.25) is 0 Å². The van der Waals surface area contributed by atoms with Gasteiger partial charge < -0.3 is 4.74 Å². The van der Waals surface area contributed by atoms with E-state index in [9.17, 15) is 0 Å². The average molecular weight is 235 g/mol. The third-order valence-corrected chi connectivity index (χ3v) is 2.19. The van der Waals surface area contributed by atoms with Gasteiger partial charge >= 0.3 is 0 Å². The molecule has 12 heavy (non-hydrogen) atoms. The predicted octanol–water partition coefficient (Wildman–Crippen LogP) is 3.88. The Morgan fingerprint density at radius 1 is 1.17 bits per heavy atom. The van der Waals surface area contributed by atoms with E-state index in [1.807, 2.05) is 0 Å². The fraction of sp³-hybridized carbons (Fsp3) is 0.800. The summed E-state index contributed by atoms with van der Waals surface area (Å²) in [5, 5.41) is 0. The minimum Gasteiger partial charge on any atom is -0.385 e. The lowest BCUT2D eigenvalue weighted by atomic mass is 10.1. The molecular formula is C10H19BrO. The summed E-state index contributed by atoms with van der Waals surface area (Å²) in [6.45, 7) is 4.71. The van der Waals surface area contributed by atoms with E-state index in [0.717, 1.165) is 17.5 Å². The molecule has 0 aromatic carbocycles. The molecule has 0 atom stereocenters. The Morgan fingerprint density at radius 2 is 1.75 bits per heavy atom. The molecule has 0 N–H and O–H groups in total. The van der Waals surface area contributed by atoms with Crippen molar-refractivity contribution in [1.82, 2.24) is 0 Å². The first kappa shape index (κ1) is 12.2. The summed E-state index contributed by atoms with van der Waals surface area (Å²) < 4.78 is 6.09. The highest BCUT2D eigenvalue weighted by Gasteiger charge is 1.91. The molecule has 0 saturated carbocycles. The smallest absolute Gasteiger partial charge is 0.0462 e. The van der Waals surface area contributed by atoms with Crippen molar-refractivity contribution in [1.29, 1.82) is 0 Å². The highest BCUT2D eigenvalue weighted by Crippen LogP contribution is 2.13. The first-order valence-corrected chi connectivity index (χ1v) is 5.39. The maximum atomic E-state index is 4.96. The van der Waals surface area contributed by atoms with Gasteiger partial charge in [0.15, 0.2) is 0 Å². The Bertz CT molecular complexity index is 112. The molecule has 0 saturated heterocycles. The molecule has 0 amide bonds. The third-order valence-electron chi connectivity index (χ3n) is 1.80. The van der Waals surface area contributed by atoms with E-state index in [0.29, 0.717) is 0 Å². The van der Waals surface area contributed by atoms with Crippen LogP contribution in [0, 0.1) is 0 Å². The van der Waals surface area contributed by atoms with Crippen molar-refractivity contribution >= 4 is 15.9 Å². The van der Waals surface area contributed by atoms with E-state index in [-0.39, 0.29) is 0 Å². The van der Waals surface area contributed by atoms with E-state index in [4.69, 9.17) is 4.74 Å². The van der Waals surface area contributed by atoms with Crippen molar-refractivity contribution in [3.8, 4) is 0 Å². The summed E-state index contributed by atoms with van der Waals surface area (Å²) in [6.07, 6.45) is 7.51. The topological polar surface area (TPSA) is 9.23 Å². The van der Waals surface area contributed by atoms with Crippen LogP contribution in [0.25, 0.3) is 0 Å². The highest BCUT2D eigenvalue weighted by molar-refractivity contribution is 9.11. The molecule has 0 aliphatic carbocycles. The lowest BCUT2D eigenvalue weighted by molar-refractivity contribution is 0.192. The van der Waals surface area contributed by atoms with Crippen LogP contribution in [0.5, 0.6) is 0 Å². The molecule has 0 rings (SSSR count). The zero-order valence-electron chi connectivity index (χ0n) is 7.94. The third kappa shape index (κ3) is 10.2. The number of halogens is 1. The molecule has 1 nitrogen and oxygen atoms in total. The molecule has 0 aromatic rings. The molecule has 0 radical (unpaired) electrons. The van der Waals surface area contributed by atoms with Crippen LogP contribution in [0.3, 0.4) is 0 Å². The van der Waals surface area contributed by atoms with Crippen molar-refractivity contribution < 1.29 is 4.74 Å². The van der Waals surface area contributed by atoms with Gasteiger partial charge in [-0.25, -0.2) is 0 Å². The van der Waals surface area contributed by atoms with Crippen LogP contribution < -0.4 is 0 Å². The normalized spacial score (nSPS) is 10.2. The fourth-order valence-corrected chi connectivity index (χ4v) is 1.37. The Hall–Kier alpha value is 0.180. The maximum Gasteiger partial charge on any atom is 0.0462 e. The van der Waals surface area contributed by atoms with Crippen LogP contribution in [0.4, 0.5) is 0 Å². The number of hydrogen-bond donors (Lipinski definition) is 0. The predicted molar refractivity (Wildman–Crippen MR) is 57.6 cm³/mol. The van der Waals surface area contributed by atoms with Crippen LogP contribution in [0.2, 0.25) is 0 Å². The van der Waals surface area contributed by atoms with Gasteiger partial charge in [-0.2, -0.15) is 0 Å². The van der Waals surface area contributed by atoms with E-state index >= 15 is 0 Å². The van der Waals surface area contributed by atoms with E-state index in [2.05, 4.69) is 22.5 Å². The Morgan fingerprint density at radius 3 is 2.33 bits per heavy atom. The molecule has 0 aromatic heterocycles. The molecule has 0 fully saturated rings. The van der Waals surface area contributed by atoms with Gasteiger partial charge in [0.25, 0.3) is 0 Å². The molecule has 0 unspecified atom stereocenters. The van der Waals surface area contributed by atoms with E-state index < -0.39 is 0 Å². The molecule has 0 aliphatic rings. The highest BCUT2D eigenvalue weighted by atomic mass is 79.9. The quantitative estimate of drug-likeness (QED) is 0.580. The van der Waals surface area contributed by atoms with Crippen LogP contribution >= 0.6 is 15.9 Å². The zero-order valence-corrected chi connectivity index (χ0v) is 9.53. The van der Waals surface area contributed by atoms with Gasteiger partial charge in [0, 0.05) is 13.7 Å². The fourth-order valence-electron chi connectivity index (χ4n) is 1.09. The standard InChI is InChI=1S/C10H19BrO/c1-10(11)8-6-4-3-5-7-9-12-2/h1,3-9H2,2H3. The minimum absolute atomic E-state index is 0.908. The summed E-state index contributed by atoms with van der Waals surface area (Å²) in [4.78, 5) is 0. The van der Waals surface area contributed by atoms with Crippen molar-refractivity contribution in [2.75, 3.05) is 13.7 Å². The number of rotatable bonds is 8. The van der Waals surface area contributed by atoms with E-state index in [1.54, 1.807) is 7.11 Å². The second-order valence-electron chi connectivity index (χ2n) is 3.03. The zero-order chi connectivity index (χ0) is 9.23. The molecule has 0 bridgehead atoms. The van der Waals surface area contributed by atoms with Crippen LogP contribution in [0.15, 0.2) is 11.1 Å². The summed E-state index contributed by atoms with van der Waals surface area (Å²) in [5.74, 6) is 0. The van der Waals surface area contributed by atoms with Crippen LogP contribution in [0.1, 0.15) is 38.5 Å². The first-order chi connectivity index (χ1) is 5.77. The monoisotopic (exact) mass is 234 g/mol. The summed E-state index contributed by atoms with van der Waals surface area (Å²) >= 11 is 3.35. The van der Waals surface area contributed by atoms with Crippen molar-refractivity contribution in [3.05, 3.63) is 11.1 Å². The molecule has 0 heterocycles. The Balaban J connectivity index is 2.86. The van der Waals surface area contributed by atoms with Crippen molar-refractivity contribution in [3.63, 3.8) is 0 Å². The van der Waals surface area contributed by atoms with Gasteiger partial charge in [-0.1, -0.05) is 41.8 Å². The molecule has 0 aliphatic heterocycles. The van der Waals surface area contributed by atoms with Gasteiger partial charge in [0.2, 0.25) is 0 Å². The summed E-state index contributed by atoms with van der Waals surface area (Å²) in [7, 11) is 1.76. The number of ether oxygens (including phenoxy) is 1. The lowest BCUT2D eigenvalue weighted by Gasteiger charge is -2.00. The lowest BCUT2D eigenvalue weighted by Crippen LogP contribution is -1.88. The summed E-state index contributed by atoms with van der Waals surface area (Å²) in [6, 6.07) is 0. The molecular weight excluding hydrogens is 216 g/mol. The number of unbranched alkanes of at least 4 members (excludes halogenated alkanes) is 4. The Kier molecular flexibility index (Phi) is 9.41. The van der Waals surface area contributed by atoms with Crippen LogP contribution in [-0.4, -0.2) is 13.7 Å². The number of allylic oxidation sites excluding steroid dienone is 1. The molecule has 72 valence electrons. The van der Waals surface area contributed by atoms with Gasteiger partial charge in [-0.15, -0.1) is 0 Å². The molecule has 0 spiro atoms. The first-order valence-electron chi connectivity index (χ1n) is 4.59. The minimum atomic E-state index is 0.908. The maximum absolute atomic E-state index is 4.96. The summed E-state index contributed by atoms with van der Waals surface area (Å²) in [5.41, 5.74) is 0. The number of hydrogen-bond acceptors (Lipinski definition) is 1.